The maximum Gasteiger partial charge on any atom is 0.307 e. The molecule has 1 rings (SSSR count). The zero-order valence-electron chi connectivity index (χ0n) is 9.47. The lowest BCUT2D eigenvalue weighted by Gasteiger charge is -2.02. The van der Waals surface area contributed by atoms with Gasteiger partial charge in [-0.3, -0.25) is 4.79 Å². The molecule has 90 valence electrons. The molecule has 1 aromatic rings. The SMILES string of the molecule is CCCc1nc(CSCC(C)C(=O)O)no1. The molecule has 1 atom stereocenters. The summed E-state index contributed by atoms with van der Waals surface area (Å²) in [5, 5.41) is 12.5. The van der Waals surface area contributed by atoms with Crippen LogP contribution >= 0.6 is 11.8 Å². The van der Waals surface area contributed by atoms with Crippen LogP contribution in [0, 0.1) is 5.92 Å². The van der Waals surface area contributed by atoms with Crippen LogP contribution in [0.1, 0.15) is 32.0 Å². The minimum absolute atomic E-state index is 0.341. The van der Waals surface area contributed by atoms with Crippen LogP contribution in [0.3, 0.4) is 0 Å². The van der Waals surface area contributed by atoms with E-state index in [9.17, 15) is 4.79 Å². The van der Waals surface area contributed by atoms with Crippen molar-refractivity contribution >= 4 is 17.7 Å². The van der Waals surface area contributed by atoms with E-state index in [1.165, 1.54) is 11.8 Å². The Bertz CT molecular complexity index is 341. The quantitative estimate of drug-likeness (QED) is 0.790. The third-order valence-electron chi connectivity index (χ3n) is 1.99. The van der Waals surface area contributed by atoms with Crippen LogP contribution < -0.4 is 0 Å². The van der Waals surface area contributed by atoms with Crippen LogP contribution in [-0.4, -0.2) is 27.0 Å². The first kappa shape index (κ1) is 13.0. The van der Waals surface area contributed by atoms with Gasteiger partial charge in [0.05, 0.1) is 11.7 Å². The lowest BCUT2D eigenvalue weighted by molar-refractivity contribution is -0.140. The van der Waals surface area contributed by atoms with Gasteiger partial charge in [0.2, 0.25) is 5.89 Å². The monoisotopic (exact) mass is 244 g/mol. The fourth-order valence-electron chi connectivity index (χ4n) is 1.06. The predicted octanol–water partition coefficient (Wildman–Crippen LogP) is 1.98. The van der Waals surface area contributed by atoms with Crippen LogP contribution in [-0.2, 0) is 17.0 Å². The van der Waals surface area contributed by atoms with Crippen molar-refractivity contribution in [1.82, 2.24) is 10.1 Å². The normalized spacial score (nSPS) is 12.6. The van der Waals surface area contributed by atoms with Crippen LogP contribution in [0.15, 0.2) is 4.52 Å². The third kappa shape index (κ3) is 4.22. The van der Waals surface area contributed by atoms with Crippen LogP contribution in [0.4, 0.5) is 0 Å². The van der Waals surface area contributed by atoms with Gasteiger partial charge in [0.1, 0.15) is 0 Å². The first-order valence-electron chi connectivity index (χ1n) is 5.25. The molecule has 0 bridgehead atoms. The summed E-state index contributed by atoms with van der Waals surface area (Å²) in [6.07, 6.45) is 1.77. The fourth-order valence-corrected chi connectivity index (χ4v) is 1.98. The Hall–Kier alpha value is -1.04. The average Bonchev–Trinajstić information content (AvgIpc) is 2.66. The molecule has 1 aromatic heterocycles. The van der Waals surface area contributed by atoms with E-state index in [-0.39, 0.29) is 5.92 Å². The van der Waals surface area contributed by atoms with Crippen molar-refractivity contribution in [2.24, 2.45) is 5.92 Å². The third-order valence-corrected chi connectivity index (χ3v) is 3.19. The second kappa shape index (κ2) is 6.52. The number of nitrogens with zero attached hydrogens (tertiary/aromatic N) is 2. The lowest BCUT2D eigenvalue weighted by atomic mass is 10.2. The second-order valence-electron chi connectivity index (χ2n) is 3.61. The Balaban J connectivity index is 2.29. The molecule has 16 heavy (non-hydrogen) atoms. The van der Waals surface area contributed by atoms with Crippen molar-refractivity contribution in [1.29, 1.82) is 0 Å². The highest BCUT2D eigenvalue weighted by molar-refractivity contribution is 7.98. The second-order valence-corrected chi connectivity index (χ2v) is 4.64. The Morgan fingerprint density at radius 2 is 2.38 bits per heavy atom. The number of hydrogen-bond acceptors (Lipinski definition) is 5. The van der Waals surface area contributed by atoms with Gasteiger partial charge in [-0.1, -0.05) is 19.0 Å². The molecule has 0 saturated carbocycles. The molecule has 5 nitrogen and oxygen atoms in total. The van der Waals surface area contributed by atoms with E-state index in [0.717, 1.165) is 12.8 Å². The van der Waals surface area contributed by atoms with Gasteiger partial charge < -0.3 is 9.63 Å². The Labute approximate surface area is 98.6 Å². The first-order valence-corrected chi connectivity index (χ1v) is 6.41. The van der Waals surface area contributed by atoms with Gasteiger partial charge in [0.25, 0.3) is 0 Å². The highest BCUT2D eigenvalue weighted by Gasteiger charge is 2.12. The van der Waals surface area contributed by atoms with E-state index < -0.39 is 5.97 Å². The van der Waals surface area contributed by atoms with Gasteiger partial charge in [0.15, 0.2) is 5.82 Å². The van der Waals surface area contributed by atoms with Crippen LogP contribution in [0.5, 0.6) is 0 Å². The molecule has 1 heterocycles. The summed E-state index contributed by atoms with van der Waals surface area (Å²) in [6, 6.07) is 0. The van der Waals surface area contributed by atoms with E-state index in [0.29, 0.717) is 23.2 Å². The van der Waals surface area contributed by atoms with E-state index in [2.05, 4.69) is 10.1 Å². The molecular weight excluding hydrogens is 228 g/mol. The van der Waals surface area contributed by atoms with Gasteiger partial charge >= 0.3 is 5.97 Å². The van der Waals surface area contributed by atoms with Crippen molar-refractivity contribution in [2.75, 3.05) is 5.75 Å². The summed E-state index contributed by atoms with van der Waals surface area (Å²) in [6.45, 7) is 3.74. The maximum atomic E-state index is 10.6. The molecule has 0 amide bonds. The summed E-state index contributed by atoms with van der Waals surface area (Å²) in [5.41, 5.74) is 0. The Kier molecular flexibility index (Phi) is 5.31. The highest BCUT2D eigenvalue weighted by atomic mass is 32.2. The van der Waals surface area contributed by atoms with Gasteiger partial charge in [-0.15, -0.1) is 0 Å². The van der Waals surface area contributed by atoms with Crippen molar-refractivity contribution in [3.63, 3.8) is 0 Å². The number of hydrogen-bond donors (Lipinski definition) is 1. The largest absolute Gasteiger partial charge is 0.481 e. The molecule has 0 aliphatic carbocycles. The fraction of sp³-hybridized carbons (Fsp3) is 0.700. The minimum atomic E-state index is -0.771. The predicted molar refractivity (Wildman–Crippen MR) is 61.3 cm³/mol. The molecule has 0 aromatic carbocycles. The van der Waals surface area contributed by atoms with Gasteiger partial charge in [-0.2, -0.15) is 16.7 Å². The number of rotatable bonds is 7. The number of aryl methyl sites for hydroxylation is 1. The molecular formula is C10H16N2O3S. The maximum absolute atomic E-state index is 10.6. The molecule has 0 saturated heterocycles. The highest BCUT2D eigenvalue weighted by Crippen LogP contribution is 2.14. The number of aromatic nitrogens is 2. The van der Waals surface area contributed by atoms with Crippen molar-refractivity contribution in [2.45, 2.75) is 32.4 Å². The first-order chi connectivity index (χ1) is 7.63. The van der Waals surface area contributed by atoms with E-state index >= 15 is 0 Å². The summed E-state index contributed by atoms with van der Waals surface area (Å²) in [7, 11) is 0. The molecule has 1 N–H and O–H groups in total. The zero-order chi connectivity index (χ0) is 12.0. The van der Waals surface area contributed by atoms with Crippen LogP contribution in [0.25, 0.3) is 0 Å². The summed E-state index contributed by atoms with van der Waals surface area (Å²) >= 11 is 1.51. The van der Waals surface area contributed by atoms with E-state index in [1.807, 2.05) is 6.92 Å². The topological polar surface area (TPSA) is 76.2 Å². The summed E-state index contributed by atoms with van der Waals surface area (Å²) in [4.78, 5) is 14.8. The van der Waals surface area contributed by atoms with Crippen molar-refractivity contribution < 1.29 is 14.4 Å². The zero-order valence-corrected chi connectivity index (χ0v) is 10.3. The number of thioether (sulfide) groups is 1. The number of carboxylic acids is 1. The molecule has 0 fully saturated rings. The van der Waals surface area contributed by atoms with Crippen molar-refractivity contribution in [3.8, 4) is 0 Å². The standard InChI is InChI=1S/C10H16N2O3S/c1-3-4-9-11-8(12-15-9)6-16-5-7(2)10(13)14/h7H,3-6H2,1-2H3,(H,13,14). The average molecular weight is 244 g/mol. The van der Waals surface area contributed by atoms with Crippen molar-refractivity contribution in [3.05, 3.63) is 11.7 Å². The number of carbonyl (C=O) groups is 1. The molecule has 0 aliphatic heterocycles. The molecule has 0 aliphatic rings. The molecule has 0 spiro atoms. The minimum Gasteiger partial charge on any atom is -0.481 e. The molecule has 1 unspecified atom stereocenters. The smallest absolute Gasteiger partial charge is 0.307 e. The van der Waals surface area contributed by atoms with Gasteiger partial charge in [-0.05, 0) is 6.42 Å². The van der Waals surface area contributed by atoms with Crippen LogP contribution in [0.2, 0.25) is 0 Å². The molecule has 0 radical (unpaired) electrons. The summed E-state index contributed by atoms with van der Waals surface area (Å²) in [5.74, 6) is 1.35. The Morgan fingerprint density at radius 3 is 3.00 bits per heavy atom. The van der Waals surface area contributed by atoms with Gasteiger partial charge in [-0.25, -0.2) is 0 Å². The summed E-state index contributed by atoms with van der Waals surface area (Å²) < 4.78 is 5.02. The van der Waals surface area contributed by atoms with Gasteiger partial charge in [0, 0.05) is 12.2 Å². The lowest BCUT2D eigenvalue weighted by Crippen LogP contribution is -2.11. The Morgan fingerprint density at radius 1 is 1.62 bits per heavy atom. The number of aliphatic carboxylic acids is 1. The number of carboxylic acid groups (broad SMARTS) is 1. The molecule has 6 heteroatoms. The van der Waals surface area contributed by atoms with E-state index in [4.69, 9.17) is 9.63 Å². The van der Waals surface area contributed by atoms with E-state index in [1.54, 1.807) is 6.92 Å².